The van der Waals surface area contributed by atoms with Gasteiger partial charge in [-0.3, -0.25) is 9.35 Å². The Morgan fingerprint density at radius 3 is 2.49 bits per heavy atom. The van der Waals surface area contributed by atoms with Gasteiger partial charge in [0.1, 0.15) is 16.3 Å². The molecule has 0 saturated carbocycles. The van der Waals surface area contributed by atoms with Gasteiger partial charge in [0.25, 0.3) is 16.0 Å². The zero-order chi connectivity index (χ0) is 27.6. The van der Waals surface area contributed by atoms with E-state index in [9.17, 15) is 22.9 Å². The third-order valence-corrected chi connectivity index (χ3v) is 7.01. The number of carbonyl (C=O) groups excluding carboxylic acids is 1. The molecule has 0 saturated heterocycles. The molecule has 0 aliphatic carbocycles. The second-order valence-electron chi connectivity index (χ2n) is 8.09. The van der Waals surface area contributed by atoms with Crippen molar-refractivity contribution in [2.75, 3.05) is 11.9 Å². The molecule has 0 bridgehead atoms. The number of halogens is 2. The number of ether oxygens (including phenoxy) is 1. The fourth-order valence-electron chi connectivity index (χ4n) is 3.67. The van der Waals surface area contributed by atoms with Crippen LogP contribution in [0.25, 0.3) is 10.8 Å². The number of nitrogens with one attached hydrogen (secondary N) is 1. The maximum Gasteiger partial charge on any atom is 1.00 e. The van der Waals surface area contributed by atoms with E-state index in [1.54, 1.807) is 50.2 Å². The van der Waals surface area contributed by atoms with Crippen LogP contribution in [0.3, 0.4) is 0 Å². The van der Waals surface area contributed by atoms with E-state index in [1.165, 1.54) is 18.2 Å². The standard InChI is InChI=1S/C26H21Cl2N3O6S.Na/c1-3-37-22-12-16(27)8-9-20(22)29-26(33)18-11-15-6-4-5-7-17(15)24(25(18)32)31-30-21-13-19(28)14(2)10-23(21)38(34,35)36;/h4-13,32H,3H2,1-2H3,(H,29,33)(H,34,35,36);/q;+1/p-1. The summed E-state index contributed by atoms with van der Waals surface area (Å²) in [6.07, 6.45) is 0. The first-order chi connectivity index (χ1) is 18.0. The van der Waals surface area contributed by atoms with Gasteiger partial charge >= 0.3 is 29.6 Å². The Labute approximate surface area is 256 Å². The number of nitrogens with zero attached hydrogens (tertiary/aromatic N) is 2. The van der Waals surface area contributed by atoms with Crippen LogP contribution in [0.4, 0.5) is 17.1 Å². The SMILES string of the molecule is CCOc1cc(Cl)ccc1NC(=O)c1cc2ccccc2c(N=Nc2cc(Cl)c(C)cc2S(=O)(=O)O)c1[O-].[Na+]. The molecule has 0 fully saturated rings. The molecular formula is C26H20Cl2N3NaO6S. The fraction of sp³-hybridized carbons (Fsp3) is 0.115. The summed E-state index contributed by atoms with van der Waals surface area (Å²) >= 11 is 12.2. The normalized spacial score (nSPS) is 11.4. The largest absolute Gasteiger partial charge is 1.00 e. The molecule has 0 aromatic heterocycles. The molecule has 0 radical (unpaired) electrons. The van der Waals surface area contributed by atoms with Gasteiger partial charge in [0, 0.05) is 27.1 Å². The molecule has 196 valence electrons. The van der Waals surface area contributed by atoms with Gasteiger partial charge in [-0.2, -0.15) is 13.5 Å². The minimum atomic E-state index is -4.67. The number of aryl methyl sites for hydroxylation is 1. The van der Waals surface area contributed by atoms with Crippen LogP contribution in [0.5, 0.6) is 11.5 Å². The van der Waals surface area contributed by atoms with Crippen molar-refractivity contribution >= 4 is 67.1 Å². The molecule has 1 amide bonds. The molecule has 0 spiro atoms. The zero-order valence-corrected chi connectivity index (χ0v) is 25.4. The van der Waals surface area contributed by atoms with Gasteiger partial charge in [-0.05, 0) is 55.1 Å². The van der Waals surface area contributed by atoms with Crippen molar-refractivity contribution in [3.63, 3.8) is 0 Å². The van der Waals surface area contributed by atoms with Gasteiger partial charge in [0.2, 0.25) is 0 Å². The van der Waals surface area contributed by atoms with Crippen molar-refractivity contribution in [2.45, 2.75) is 18.7 Å². The first kappa shape index (κ1) is 30.8. The van der Waals surface area contributed by atoms with Crippen molar-refractivity contribution in [1.82, 2.24) is 0 Å². The summed E-state index contributed by atoms with van der Waals surface area (Å²) in [5.74, 6) is -1.14. The number of carbonyl (C=O) groups is 1. The molecule has 9 nitrogen and oxygen atoms in total. The Morgan fingerprint density at radius 1 is 1.08 bits per heavy atom. The van der Waals surface area contributed by atoms with Gasteiger partial charge in [0.05, 0.1) is 18.0 Å². The molecule has 0 unspecified atom stereocenters. The van der Waals surface area contributed by atoms with Gasteiger partial charge in [-0.1, -0.05) is 53.2 Å². The Kier molecular flexibility index (Phi) is 10.0. The van der Waals surface area contributed by atoms with Crippen LogP contribution in [0.1, 0.15) is 22.8 Å². The number of hydrogen-bond donors (Lipinski definition) is 2. The molecule has 0 aliphatic heterocycles. The van der Waals surface area contributed by atoms with Gasteiger partial charge in [-0.15, -0.1) is 5.11 Å². The van der Waals surface area contributed by atoms with Crippen LogP contribution >= 0.6 is 23.2 Å². The minimum absolute atomic E-state index is 0. The van der Waals surface area contributed by atoms with Crippen LogP contribution in [0.15, 0.2) is 75.8 Å². The van der Waals surface area contributed by atoms with Crippen molar-refractivity contribution in [1.29, 1.82) is 0 Å². The van der Waals surface area contributed by atoms with E-state index < -0.39 is 26.7 Å². The molecule has 4 aromatic rings. The molecule has 0 heterocycles. The van der Waals surface area contributed by atoms with E-state index in [-0.39, 0.29) is 51.5 Å². The molecule has 39 heavy (non-hydrogen) atoms. The topological polar surface area (TPSA) is 140 Å². The average Bonchev–Trinajstić information content (AvgIpc) is 2.86. The van der Waals surface area contributed by atoms with E-state index in [1.807, 2.05) is 0 Å². The smallest absolute Gasteiger partial charge is 0.870 e. The van der Waals surface area contributed by atoms with E-state index in [0.29, 0.717) is 39.4 Å². The number of amides is 1. The molecule has 4 rings (SSSR count). The third kappa shape index (κ3) is 6.90. The van der Waals surface area contributed by atoms with Crippen molar-refractivity contribution in [3.05, 3.63) is 81.8 Å². The van der Waals surface area contributed by atoms with Crippen LogP contribution in [0, 0.1) is 6.92 Å². The molecule has 13 heteroatoms. The number of benzene rings is 4. The van der Waals surface area contributed by atoms with Crippen LogP contribution < -0.4 is 44.7 Å². The number of anilines is 1. The van der Waals surface area contributed by atoms with Gasteiger partial charge in [0.15, 0.2) is 0 Å². The van der Waals surface area contributed by atoms with Crippen LogP contribution in [-0.2, 0) is 10.1 Å². The van der Waals surface area contributed by atoms with Crippen molar-refractivity contribution < 1.29 is 57.2 Å². The number of hydrogen-bond acceptors (Lipinski definition) is 7. The summed E-state index contributed by atoms with van der Waals surface area (Å²) in [6, 6.07) is 15.1. The monoisotopic (exact) mass is 595 g/mol. The quantitative estimate of drug-likeness (QED) is 0.189. The van der Waals surface area contributed by atoms with E-state index in [4.69, 9.17) is 27.9 Å². The molecule has 0 aliphatic rings. The van der Waals surface area contributed by atoms with E-state index in [2.05, 4.69) is 15.5 Å². The van der Waals surface area contributed by atoms with Gasteiger partial charge in [-0.25, -0.2) is 0 Å². The minimum Gasteiger partial charge on any atom is -0.870 e. The predicted octanol–water partition coefficient (Wildman–Crippen LogP) is 3.85. The van der Waals surface area contributed by atoms with Gasteiger partial charge < -0.3 is 15.2 Å². The first-order valence-electron chi connectivity index (χ1n) is 11.2. The summed E-state index contributed by atoms with van der Waals surface area (Å²) in [5, 5.41) is 25.5. The number of azo groups is 1. The average molecular weight is 596 g/mol. The number of fused-ring (bicyclic) bond motifs is 1. The van der Waals surface area contributed by atoms with Crippen molar-refractivity contribution in [2.24, 2.45) is 10.2 Å². The molecule has 4 aromatic carbocycles. The van der Waals surface area contributed by atoms with E-state index >= 15 is 0 Å². The summed E-state index contributed by atoms with van der Waals surface area (Å²) in [7, 11) is -4.67. The summed E-state index contributed by atoms with van der Waals surface area (Å²) in [6.45, 7) is 3.66. The maximum atomic E-state index is 13.4. The molecule has 2 N–H and O–H groups in total. The van der Waals surface area contributed by atoms with Crippen LogP contribution in [0.2, 0.25) is 10.0 Å². The van der Waals surface area contributed by atoms with E-state index in [0.717, 1.165) is 6.07 Å². The second kappa shape index (κ2) is 12.6. The fourth-order valence-corrected chi connectivity index (χ4v) is 4.68. The third-order valence-electron chi connectivity index (χ3n) is 5.49. The zero-order valence-electron chi connectivity index (χ0n) is 21.0. The van der Waals surface area contributed by atoms with Crippen LogP contribution in [-0.4, -0.2) is 25.5 Å². The first-order valence-corrected chi connectivity index (χ1v) is 13.3. The molecule has 0 atom stereocenters. The summed E-state index contributed by atoms with van der Waals surface area (Å²) in [4.78, 5) is 12.7. The summed E-state index contributed by atoms with van der Waals surface area (Å²) < 4.78 is 39.0. The Hall–Kier alpha value is -2.70. The number of rotatable bonds is 7. The Morgan fingerprint density at radius 2 is 1.79 bits per heavy atom. The Balaban J connectivity index is 0.00000420. The summed E-state index contributed by atoms with van der Waals surface area (Å²) in [5.41, 5.74) is -0.00658. The Bertz CT molecular complexity index is 1710. The second-order valence-corrected chi connectivity index (χ2v) is 10.3. The van der Waals surface area contributed by atoms with Crippen molar-refractivity contribution in [3.8, 4) is 11.5 Å². The molecular weight excluding hydrogens is 576 g/mol. The maximum absolute atomic E-state index is 13.4. The predicted molar refractivity (Wildman–Crippen MR) is 144 cm³/mol.